The second kappa shape index (κ2) is 12.3. The zero-order chi connectivity index (χ0) is 31.9. The van der Waals surface area contributed by atoms with Crippen LogP contribution in [0, 0.1) is 5.92 Å². The number of carbonyl (C=O) groups excluding carboxylic acids is 5. The lowest BCUT2D eigenvalue weighted by atomic mass is 9.95. The fraction of sp³-hybridized carbons (Fsp3) is 0.500. The molecule has 0 aliphatic carbocycles. The van der Waals surface area contributed by atoms with E-state index in [1.165, 1.54) is 0 Å². The molecule has 11 nitrogen and oxygen atoms in total. The lowest BCUT2D eigenvalue weighted by molar-refractivity contribution is -0.136. The standard InChI is InChI=1S/C34H41N5O6/c1-34(2,3)45-33(44)23-4-6-24(7-5-23)37-14-12-22(13-15-37)21-36-16-18-38(19-17-36)25-8-9-26-27(20-25)32(43)39(31(26)42)28-10-11-29(40)35-30(28)41/h4-9,20,22,28H,10-19,21H2,1-3H3,(H,35,40,41). The quantitative estimate of drug-likeness (QED) is 0.386. The summed E-state index contributed by atoms with van der Waals surface area (Å²) in [6.07, 6.45) is 2.47. The second-order valence-corrected chi connectivity index (χ2v) is 13.4. The molecule has 11 heteroatoms. The third-order valence-corrected chi connectivity index (χ3v) is 9.16. The minimum Gasteiger partial charge on any atom is -0.456 e. The molecule has 0 spiro atoms. The molecule has 4 amide bonds. The zero-order valence-corrected chi connectivity index (χ0v) is 26.2. The Bertz CT molecular complexity index is 1500. The average Bonchev–Trinajstić information content (AvgIpc) is 3.26. The van der Waals surface area contributed by atoms with Crippen molar-refractivity contribution in [2.75, 3.05) is 55.6 Å². The van der Waals surface area contributed by atoms with E-state index in [0.717, 1.165) is 74.9 Å². The maximum atomic E-state index is 13.2. The van der Waals surface area contributed by atoms with Crippen molar-refractivity contribution in [3.05, 3.63) is 59.2 Å². The molecule has 0 aromatic heterocycles. The van der Waals surface area contributed by atoms with E-state index in [4.69, 9.17) is 4.74 Å². The first-order valence-corrected chi connectivity index (χ1v) is 15.9. The summed E-state index contributed by atoms with van der Waals surface area (Å²) < 4.78 is 5.48. The van der Waals surface area contributed by atoms with E-state index in [-0.39, 0.29) is 24.7 Å². The van der Waals surface area contributed by atoms with Crippen LogP contribution in [0.5, 0.6) is 0 Å². The van der Waals surface area contributed by atoms with Gasteiger partial charge in [-0.3, -0.25) is 34.3 Å². The fourth-order valence-electron chi connectivity index (χ4n) is 6.73. The summed E-state index contributed by atoms with van der Waals surface area (Å²) in [5.74, 6) is -1.63. The largest absolute Gasteiger partial charge is 0.456 e. The number of nitrogens with one attached hydrogen (secondary N) is 1. The molecule has 1 unspecified atom stereocenters. The summed E-state index contributed by atoms with van der Waals surface area (Å²) in [4.78, 5) is 70.7. The number of imide groups is 2. The number of piperazine rings is 1. The minimum atomic E-state index is -0.960. The van der Waals surface area contributed by atoms with Gasteiger partial charge in [-0.2, -0.15) is 0 Å². The van der Waals surface area contributed by atoms with Gasteiger partial charge in [-0.1, -0.05) is 0 Å². The van der Waals surface area contributed by atoms with Crippen LogP contribution in [-0.4, -0.2) is 96.9 Å². The van der Waals surface area contributed by atoms with Crippen LogP contribution < -0.4 is 15.1 Å². The highest BCUT2D eigenvalue weighted by atomic mass is 16.6. The number of benzene rings is 2. The van der Waals surface area contributed by atoms with Gasteiger partial charge in [-0.25, -0.2) is 4.79 Å². The number of esters is 1. The number of fused-ring (bicyclic) bond motifs is 1. The Labute approximate surface area is 263 Å². The highest BCUT2D eigenvalue weighted by molar-refractivity contribution is 6.23. The lowest BCUT2D eigenvalue weighted by Crippen LogP contribution is -2.54. The van der Waals surface area contributed by atoms with Crippen LogP contribution >= 0.6 is 0 Å². The summed E-state index contributed by atoms with van der Waals surface area (Å²) in [5, 5.41) is 2.24. The number of hydrogen-bond acceptors (Lipinski definition) is 9. The molecule has 1 N–H and O–H groups in total. The van der Waals surface area contributed by atoms with Gasteiger partial charge in [-0.15, -0.1) is 0 Å². The van der Waals surface area contributed by atoms with Crippen molar-refractivity contribution < 1.29 is 28.7 Å². The van der Waals surface area contributed by atoms with E-state index in [9.17, 15) is 24.0 Å². The number of ether oxygens (including phenoxy) is 1. The molecule has 0 bridgehead atoms. The van der Waals surface area contributed by atoms with Crippen LogP contribution in [0.3, 0.4) is 0 Å². The molecular formula is C34H41N5O6. The van der Waals surface area contributed by atoms with Crippen LogP contribution in [0.15, 0.2) is 42.5 Å². The normalized spacial score (nSPS) is 21.7. The Morgan fingerprint density at radius 3 is 2.07 bits per heavy atom. The summed E-state index contributed by atoms with van der Waals surface area (Å²) in [6, 6.07) is 12.1. The summed E-state index contributed by atoms with van der Waals surface area (Å²) >= 11 is 0. The van der Waals surface area contributed by atoms with Crippen LogP contribution in [0.4, 0.5) is 11.4 Å². The molecular weight excluding hydrogens is 574 g/mol. The van der Waals surface area contributed by atoms with Gasteiger partial charge in [0.25, 0.3) is 11.8 Å². The van der Waals surface area contributed by atoms with Crippen molar-refractivity contribution in [1.29, 1.82) is 0 Å². The number of hydrogen-bond donors (Lipinski definition) is 1. The van der Waals surface area contributed by atoms with Crippen LogP contribution in [-0.2, 0) is 14.3 Å². The molecule has 2 aromatic carbocycles. The Morgan fingerprint density at radius 1 is 0.800 bits per heavy atom. The Balaban J connectivity index is 0.981. The number of amides is 4. The van der Waals surface area contributed by atoms with E-state index in [1.807, 2.05) is 51.1 Å². The number of rotatable bonds is 6. The number of nitrogens with zero attached hydrogens (tertiary/aromatic N) is 4. The Morgan fingerprint density at radius 2 is 1.42 bits per heavy atom. The van der Waals surface area contributed by atoms with Crippen LogP contribution in [0.2, 0.25) is 0 Å². The smallest absolute Gasteiger partial charge is 0.338 e. The molecule has 2 aromatic rings. The van der Waals surface area contributed by atoms with Crippen molar-refractivity contribution in [3.8, 4) is 0 Å². The monoisotopic (exact) mass is 615 g/mol. The number of carbonyl (C=O) groups is 5. The highest BCUT2D eigenvalue weighted by Crippen LogP contribution is 2.31. The topological polar surface area (TPSA) is 120 Å². The summed E-state index contributed by atoms with van der Waals surface area (Å²) in [5.41, 5.74) is 2.69. The maximum Gasteiger partial charge on any atom is 0.338 e. The molecule has 0 saturated carbocycles. The molecule has 4 aliphatic rings. The molecule has 1 atom stereocenters. The van der Waals surface area contributed by atoms with Crippen LogP contribution in [0.25, 0.3) is 0 Å². The van der Waals surface area contributed by atoms with Crippen molar-refractivity contribution in [1.82, 2.24) is 15.1 Å². The molecule has 4 aliphatic heterocycles. The van der Waals surface area contributed by atoms with Gasteiger partial charge in [0.15, 0.2) is 0 Å². The Hall–Kier alpha value is -4.25. The molecule has 6 rings (SSSR count). The lowest BCUT2D eigenvalue weighted by Gasteiger charge is -2.40. The van der Waals surface area contributed by atoms with Gasteiger partial charge in [0.05, 0.1) is 16.7 Å². The molecule has 0 radical (unpaired) electrons. The average molecular weight is 616 g/mol. The number of anilines is 2. The van der Waals surface area contributed by atoms with Gasteiger partial charge in [-0.05, 0) is 88.4 Å². The van der Waals surface area contributed by atoms with Gasteiger partial charge in [0, 0.05) is 63.6 Å². The van der Waals surface area contributed by atoms with E-state index in [2.05, 4.69) is 20.0 Å². The fourth-order valence-corrected chi connectivity index (χ4v) is 6.73. The first-order valence-electron chi connectivity index (χ1n) is 15.9. The summed E-state index contributed by atoms with van der Waals surface area (Å²) in [6.45, 7) is 12.1. The predicted octanol–water partition coefficient (Wildman–Crippen LogP) is 3.08. The van der Waals surface area contributed by atoms with Crippen LogP contribution in [0.1, 0.15) is 77.5 Å². The van der Waals surface area contributed by atoms with Crippen molar-refractivity contribution >= 4 is 41.0 Å². The van der Waals surface area contributed by atoms with E-state index >= 15 is 0 Å². The zero-order valence-electron chi connectivity index (χ0n) is 26.2. The SMILES string of the molecule is CC(C)(C)OC(=O)c1ccc(N2CCC(CN3CCN(c4ccc5c(c4)C(=O)N(C4CCC(=O)NC4=O)C5=O)CC3)CC2)cc1. The van der Waals surface area contributed by atoms with Crippen molar-refractivity contribution in [2.45, 2.75) is 58.1 Å². The van der Waals surface area contributed by atoms with E-state index < -0.39 is 29.4 Å². The first kappa shape index (κ1) is 30.8. The molecule has 3 fully saturated rings. The highest BCUT2D eigenvalue weighted by Gasteiger charge is 2.44. The third kappa shape index (κ3) is 6.58. The van der Waals surface area contributed by atoms with Gasteiger partial charge < -0.3 is 14.5 Å². The van der Waals surface area contributed by atoms with E-state index in [0.29, 0.717) is 22.6 Å². The molecule has 45 heavy (non-hydrogen) atoms. The van der Waals surface area contributed by atoms with Gasteiger partial charge in [0.1, 0.15) is 11.6 Å². The maximum absolute atomic E-state index is 13.2. The molecule has 4 heterocycles. The second-order valence-electron chi connectivity index (χ2n) is 13.4. The van der Waals surface area contributed by atoms with Gasteiger partial charge >= 0.3 is 5.97 Å². The summed E-state index contributed by atoms with van der Waals surface area (Å²) in [7, 11) is 0. The predicted molar refractivity (Wildman–Crippen MR) is 168 cm³/mol. The van der Waals surface area contributed by atoms with Gasteiger partial charge in [0.2, 0.25) is 11.8 Å². The third-order valence-electron chi connectivity index (χ3n) is 9.16. The Kier molecular flexibility index (Phi) is 8.39. The van der Waals surface area contributed by atoms with Crippen molar-refractivity contribution in [3.63, 3.8) is 0 Å². The first-order chi connectivity index (χ1) is 21.5. The molecule has 3 saturated heterocycles. The minimum absolute atomic E-state index is 0.101. The van der Waals surface area contributed by atoms with Crippen molar-refractivity contribution in [2.24, 2.45) is 5.92 Å². The van der Waals surface area contributed by atoms with E-state index in [1.54, 1.807) is 12.1 Å². The number of piperidine rings is 2. The molecule has 238 valence electrons.